The van der Waals surface area contributed by atoms with Gasteiger partial charge in [0.15, 0.2) is 0 Å². The van der Waals surface area contributed by atoms with Crippen molar-refractivity contribution in [3.63, 3.8) is 0 Å². The minimum atomic E-state index is -0.641. The predicted octanol–water partition coefficient (Wildman–Crippen LogP) is 4.09. The Kier molecular flexibility index (Phi) is 6.62. The summed E-state index contributed by atoms with van der Waals surface area (Å²) in [5.74, 6) is -0.836. The predicted molar refractivity (Wildman–Crippen MR) is 64.0 cm³/mol. The van der Waals surface area contributed by atoms with Crippen molar-refractivity contribution in [3.05, 3.63) is 0 Å². The Balaban J connectivity index is 3.84. The number of rotatable bonds is 7. The first kappa shape index (κ1) is 14.5. The van der Waals surface area contributed by atoms with Crippen LogP contribution in [0.4, 0.5) is 0 Å². The Morgan fingerprint density at radius 1 is 1.13 bits per heavy atom. The lowest BCUT2D eigenvalue weighted by atomic mass is 9.78. The highest BCUT2D eigenvalue weighted by Crippen LogP contribution is 2.30. The van der Waals surface area contributed by atoms with Gasteiger partial charge in [0.2, 0.25) is 0 Å². The van der Waals surface area contributed by atoms with Gasteiger partial charge in [0.05, 0.1) is 5.92 Å². The van der Waals surface area contributed by atoms with Gasteiger partial charge < -0.3 is 5.11 Å². The molecule has 1 unspecified atom stereocenters. The number of carbonyl (C=O) groups is 1. The number of carboxylic acids is 1. The molecule has 0 rings (SSSR count). The van der Waals surface area contributed by atoms with Gasteiger partial charge in [-0.05, 0) is 11.8 Å². The molecule has 0 aliphatic heterocycles. The lowest BCUT2D eigenvalue weighted by molar-refractivity contribution is -0.145. The van der Waals surface area contributed by atoms with Crippen LogP contribution in [-0.4, -0.2) is 11.1 Å². The first-order valence-corrected chi connectivity index (χ1v) is 6.12. The second-order valence-corrected chi connectivity index (χ2v) is 5.46. The highest BCUT2D eigenvalue weighted by atomic mass is 16.4. The molecule has 0 aromatic heterocycles. The van der Waals surface area contributed by atoms with Gasteiger partial charge in [0.1, 0.15) is 0 Å². The van der Waals surface area contributed by atoms with E-state index >= 15 is 0 Å². The summed E-state index contributed by atoms with van der Waals surface area (Å²) >= 11 is 0. The number of carboxylic acid groups (broad SMARTS) is 1. The Labute approximate surface area is 94.1 Å². The second-order valence-electron chi connectivity index (χ2n) is 5.46. The zero-order valence-electron chi connectivity index (χ0n) is 10.7. The van der Waals surface area contributed by atoms with E-state index in [4.69, 9.17) is 5.11 Å². The highest BCUT2D eigenvalue weighted by Gasteiger charge is 2.30. The molecule has 0 aliphatic rings. The van der Waals surface area contributed by atoms with Crippen molar-refractivity contribution in [1.82, 2.24) is 0 Å². The van der Waals surface area contributed by atoms with Crippen LogP contribution in [0.1, 0.15) is 66.2 Å². The third-order valence-electron chi connectivity index (χ3n) is 2.94. The largest absolute Gasteiger partial charge is 0.481 e. The van der Waals surface area contributed by atoms with Crippen LogP contribution >= 0.6 is 0 Å². The van der Waals surface area contributed by atoms with Crippen LogP contribution < -0.4 is 0 Å². The molecule has 0 aromatic carbocycles. The molecule has 0 saturated heterocycles. The van der Waals surface area contributed by atoms with Gasteiger partial charge in [-0.2, -0.15) is 0 Å². The number of unbranched alkanes of at least 4 members (excludes halogenated alkanes) is 4. The molecule has 0 bridgehead atoms. The zero-order valence-corrected chi connectivity index (χ0v) is 10.7. The van der Waals surface area contributed by atoms with Crippen LogP contribution in [0.2, 0.25) is 0 Å². The van der Waals surface area contributed by atoms with E-state index in [0.29, 0.717) is 0 Å². The number of aliphatic carboxylic acids is 1. The smallest absolute Gasteiger partial charge is 0.307 e. The summed E-state index contributed by atoms with van der Waals surface area (Å²) in [4.78, 5) is 11.1. The Hall–Kier alpha value is -0.530. The minimum absolute atomic E-state index is 0.114. The summed E-state index contributed by atoms with van der Waals surface area (Å²) in [7, 11) is 0. The average molecular weight is 214 g/mol. The molecule has 90 valence electrons. The van der Waals surface area contributed by atoms with E-state index in [1.165, 1.54) is 25.7 Å². The van der Waals surface area contributed by atoms with Crippen LogP contribution in [-0.2, 0) is 4.79 Å². The van der Waals surface area contributed by atoms with Gasteiger partial charge >= 0.3 is 5.97 Å². The van der Waals surface area contributed by atoms with Crippen molar-refractivity contribution in [3.8, 4) is 0 Å². The van der Waals surface area contributed by atoms with Gasteiger partial charge in [-0.3, -0.25) is 4.79 Å². The van der Waals surface area contributed by atoms with E-state index in [2.05, 4.69) is 6.92 Å². The summed E-state index contributed by atoms with van der Waals surface area (Å²) in [5, 5.41) is 9.11. The summed E-state index contributed by atoms with van der Waals surface area (Å²) in [6.07, 6.45) is 6.80. The van der Waals surface area contributed by atoms with Crippen molar-refractivity contribution in [2.75, 3.05) is 0 Å². The molecule has 0 saturated carbocycles. The van der Waals surface area contributed by atoms with E-state index in [0.717, 1.165) is 12.8 Å². The van der Waals surface area contributed by atoms with E-state index < -0.39 is 5.97 Å². The molecular weight excluding hydrogens is 188 g/mol. The lowest BCUT2D eigenvalue weighted by Gasteiger charge is -2.26. The van der Waals surface area contributed by atoms with Crippen LogP contribution in [0.25, 0.3) is 0 Å². The third kappa shape index (κ3) is 6.53. The third-order valence-corrected chi connectivity index (χ3v) is 2.94. The van der Waals surface area contributed by atoms with E-state index in [1.54, 1.807) is 0 Å². The molecule has 0 fully saturated rings. The fraction of sp³-hybridized carbons (Fsp3) is 0.923. The van der Waals surface area contributed by atoms with Crippen LogP contribution in [0.15, 0.2) is 0 Å². The van der Waals surface area contributed by atoms with Gasteiger partial charge in [-0.1, -0.05) is 59.8 Å². The van der Waals surface area contributed by atoms with Crippen LogP contribution in [0.5, 0.6) is 0 Å². The summed E-state index contributed by atoms with van der Waals surface area (Å²) in [6, 6.07) is 0. The van der Waals surface area contributed by atoms with E-state index in [-0.39, 0.29) is 11.3 Å². The Morgan fingerprint density at radius 3 is 2.07 bits per heavy atom. The standard InChI is InChI=1S/C13H26O2/c1-5-6-7-8-9-10-11(12(14)15)13(2,3)4/h11H,5-10H2,1-4H3,(H,14,15). The molecule has 0 spiro atoms. The van der Waals surface area contributed by atoms with Crippen LogP contribution in [0, 0.1) is 11.3 Å². The van der Waals surface area contributed by atoms with Gasteiger partial charge in [0, 0.05) is 0 Å². The van der Waals surface area contributed by atoms with Crippen molar-refractivity contribution in [1.29, 1.82) is 0 Å². The molecule has 0 heterocycles. The maximum Gasteiger partial charge on any atom is 0.307 e. The quantitative estimate of drug-likeness (QED) is 0.648. The normalized spacial score (nSPS) is 13.9. The molecule has 15 heavy (non-hydrogen) atoms. The molecular formula is C13H26O2. The summed E-state index contributed by atoms with van der Waals surface area (Å²) < 4.78 is 0. The molecule has 1 N–H and O–H groups in total. The van der Waals surface area contributed by atoms with Crippen molar-refractivity contribution < 1.29 is 9.90 Å². The fourth-order valence-electron chi connectivity index (χ4n) is 1.88. The molecule has 2 heteroatoms. The first-order valence-electron chi connectivity index (χ1n) is 6.12. The van der Waals surface area contributed by atoms with E-state index in [9.17, 15) is 4.79 Å². The Bertz CT molecular complexity index is 179. The van der Waals surface area contributed by atoms with Crippen LogP contribution in [0.3, 0.4) is 0 Å². The zero-order chi connectivity index (χ0) is 11.9. The Morgan fingerprint density at radius 2 is 1.67 bits per heavy atom. The van der Waals surface area contributed by atoms with Crippen molar-refractivity contribution >= 4 is 5.97 Å². The van der Waals surface area contributed by atoms with Gasteiger partial charge in [-0.15, -0.1) is 0 Å². The summed E-state index contributed by atoms with van der Waals surface area (Å²) in [5.41, 5.74) is -0.114. The number of hydrogen-bond donors (Lipinski definition) is 1. The molecule has 0 aromatic rings. The highest BCUT2D eigenvalue weighted by molar-refractivity contribution is 5.70. The molecule has 2 nitrogen and oxygen atoms in total. The molecule has 0 aliphatic carbocycles. The average Bonchev–Trinajstić information content (AvgIpc) is 2.08. The van der Waals surface area contributed by atoms with Crippen molar-refractivity contribution in [2.24, 2.45) is 11.3 Å². The molecule has 1 atom stereocenters. The van der Waals surface area contributed by atoms with Gasteiger partial charge in [-0.25, -0.2) is 0 Å². The minimum Gasteiger partial charge on any atom is -0.481 e. The van der Waals surface area contributed by atoms with Crippen molar-refractivity contribution in [2.45, 2.75) is 66.2 Å². The maximum atomic E-state index is 11.1. The molecule has 0 amide bonds. The topological polar surface area (TPSA) is 37.3 Å². The molecule has 0 radical (unpaired) electrons. The number of hydrogen-bond acceptors (Lipinski definition) is 1. The SMILES string of the molecule is CCCCCCCC(C(=O)O)C(C)(C)C. The fourth-order valence-corrected chi connectivity index (χ4v) is 1.88. The summed E-state index contributed by atoms with van der Waals surface area (Å²) in [6.45, 7) is 8.22. The lowest BCUT2D eigenvalue weighted by Crippen LogP contribution is -2.28. The first-order chi connectivity index (χ1) is 6.89. The van der Waals surface area contributed by atoms with Gasteiger partial charge in [0.25, 0.3) is 0 Å². The van der Waals surface area contributed by atoms with E-state index in [1.807, 2.05) is 20.8 Å². The monoisotopic (exact) mass is 214 g/mol. The second kappa shape index (κ2) is 6.86. The maximum absolute atomic E-state index is 11.1.